The van der Waals surface area contributed by atoms with E-state index in [-0.39, 0.29) is 42.8 Å². The molecule has 2 saturated heterocycles. The summed E-state index contributed by atoms with van der Waals surface area (Å²) in [6, 6.07) is 6.86. The van der Waals surface area contributed by atoms with Crippen LogP contribution in [0.25, 0.3) is 0 Å². The molecule has 0 saturated carbocycles. The van der Waals surface area contributed by atoms with E-state index in [0.29, 0.717) is 38.6 Å². The number of unbranched alkanes of at least 4 members (excludes halogenated alkanes) is 2. The zero-order valence-corrected chi connectivity index (χ0v) is 24.1. The molecule has 2 heterocycles. The first-order chi connectivity index (χ1) is 18.9. The Morgan fingerprint density at radius 3 is 2.40 bits per heavy atom. The van der Waals surface area contributed by atoms with E-state index in [4.69, 9.17) is 0 Å². The Hall–Kier alpha value is -3.27. The Labute approximate surface area is 236 Å². The van der Waals surface area contributed by atoms with Gasteiger partial charge in [-0.25, -0.2) is 0 Å². The summed E-state index contributed by atoms with van der Waals surface area (Å²) < 4.78 is 0. The Bertz CT molecular complexity index is 1080. The highest BCUT2D eigenvalue weighted by Crippen LogP contribution is 2.26. The van der Waals surface area contributed by atoms with E-state index in [0.717, 1.165) is 5.56 Å². The molecule has 1 unspecified atom stereocenters. The quantitative estimate of drug-likeness (QED) is 0.323. The highest BCUT2D eigenvalue weighted by molar-refractivity contribution is 5.99. The number of nitrogens with one attached hydrogen (secondary N) is 3. The van der Waals surface area contributed by atoms with E-state index >= 15 is 0 Å². The number of amides is 4. The standard InChI is InChI=1S/C30H44N4O6/c1-5-30(4)29(40)32-23(17-21-12-8-6-9-13-21)28(39)34-18-19(2)16-24(34)27(38)31-22(26(37)33-30)14-10-7-11-15-25(36)20(3)35/h6,8-9,12-13,19-20,22-24,35H,5,7,10-11,14-18H2,1-4H3,(H,31,38)(H,32,40)(H,33,37)/t19-,20-,22-,23?,24+,30-/m0/s1. The monoisotopic (exact) mass is 556 g/mol. The summed E-state index contributed by atoms with van der Waals surface area (Å²) in [7, 11) is 0. The molecule has 0 radical (unpaired) electrons. The van der Waals surface area contributed by atoms with Gasteiger partial charge in [-0.2, -0.15) is 0 Å². The Morgan fingerprint density at radius 1 is 1.05 bits per heavy atom. The third kappa shape index (κ3) is 7.90. The number of hydrogen-bond donors (Lipinski definition) is 4. The number of Topliss-reactive ketones (excluding diaryl/α,β-unsaturated/α-hetero) is 1. The summed E-state index contributed by atoms with van der Waals surface area (Å²) in [5, 5.41) is 18.0. The minimum Gasteiger partial charge on any atom is -0.386 e. The first-order valence-corrected chi connectivity index (χ1v) is 14.4. The predicted molar refractivity (Wildman–Crippen MR) is 150 cm³/mol. The van der Waals surface area contributed by atoms with Crippen molar-refractivity contribution in [3.05, 3.63) is 35.9 Å². The summed E-state index contributed by atoms with van der Waals surface area (Å²) in [5.41, 5.74) is -0.422. The van der Waals surface area contributed by atoms with Crippen LogP contribution in [-0.4, -0.2) is 75.7 Å². The van der Waals surface area contributed by atoms with Crippen LogP contribution in [0.2, 0.25) is 0 Å². The van der Waals surface area contributed by atoms with Crippen molar-refractivity contribution in [1.82, 2.24) is 20.9 Å². The molecule has 0 aliphatic carbocycles. The van der Waals surface area contributed by atoms with Crippen molar-refractivity contribution < 1.29 is 29.1 Å². The summed E-state index contributed by atoms with van der Waals surface area (Å²) in [4.78, 5) is 67.7. The molecule has 10 heteroatoms. The van der Waals surface area contributed by atoms with Crippen LogP contribution >= 0.6 is 0 Å². The molecule has 2 aliphatic rings. The molecule has 0 bridgehead atoms. The number of aliphatic hydroxyl groups excluding tert-OH is 1. The lowest BCUT2D eigenvalue weighted by atomic mass is 9.94. The van der Waals surface area contributed by atoms with E-state index in [9.17, 15) is 29.1 Å². The Balaban J connectivity index is 1.84. The SMILES string of the molecule is CC[C@]1(C)NC(=O)[C@H](CCCCCC(=O)[C@H](C)O)NC(=O)[C@H]2C[C@H](C)CN2C(=O)C(Cc2ccccc2)NC1=O. The van der Waals surface area contributed by atoms with Crippen LogP contribution in [0.3, 0.4) is 0 Å². The number of hydrogen-bond acceptors (Lipinski definition) is 6. The maximum atomic E-state index is 13.9. The molecule has 1 aromatic carbocycles. The Kier molecular flexibility index (Phi) is 10.8. The van der Waals surface area contributed by atoms with Crippen LogP contribution in [0.15, 0.2) is 30.3 Å². The molecule has 4 amide bonds. The van der Waals surface area contributed by atoms with Gasteiger partial charge in [0.15, 0.2) is 5.78 Å². The van der Waals surface area contributed by atoms with Crippen molar-refractivity contribution in [2.45, 2.75) is 109 Å². The van der Waals surface area contributed by atoms with Gasteiger partial charge < -0.3 is 26.0 Å². The van der Waals surface area contributed by atoms with Crippen LogP contribution in [0.4, 0.5) is 0 Å². The second-order valence-corrected chi connectivity index (χ2v) is 11.5. The second-order valence-electron chi connectivity index (χ2n) is 11.5. The van der Waals surface area contributed by atoms with Gasteiger partial charge in [-0.3, -0.25) is 24.0 Å². The molecule has 0 spiro atoms. The van der Waals surface area contributed by atoms with Crippen molar-refractivity contribution in [3.8, 4) is 0 Å². The predicted octanol–water partition coefficient (Wildman–Crippen LogP) is 1.63. The zero-order chi connectivity index (χ0) is 29.4. The topological polar surface area (TPSA) is 145 Å². The largest absolute Gasteiger partial charge is 0.386 e. The van der Waals surface area contributed by atoms with Gasteiger partial charge in [-0.1, -0.05) is 57.0 Å². The minimum absolute atomic E-state index is 0.0811. The highest BCUT2D eigenvalue weighted by atomic mass is 16.3. The molecule has 0 aromatic heterocycles. The smallest absolute Gasteiger partial charge is 0.246 e. The van der Waals surface area contributed by atoms with Gasteiger partial charge >= 0.3 is 0 Å². The normalized spacial score (nSPS) is 28.5. The number of nitrogens with zero attached hydrogens (tertiary/aromatic N) is 1. The van der Waals surface area contributed by atoms with Gasteiger partial charge in [-0.15, -0.1) is 0 Å². The first-order valence-electron chi connectivity index (χ1n) is 14.4. The summed E-state index contributed by atoms with van der Waals surface area (Å²) in [6.07, 6.45) is 2.32. The van der Waals surface area contributed by atoms with Gasteiger partial charge in [0.2, 0.25) is 23.6 Å². The number of carbonyl (C=O) groups excluding carboxylic acids is 5. The molecule has 10 nitrogen and oxygen atoms in total. The van der Waals surface area contributed by atoms with Gasteiger partial charge in [0.25, 0.3) is 0 Å². The molecule has 6 atom stereocenters. The van der Waals surface area contributed by atoms with Crippen molar-refractivity contribution >= 4 is 29.4 Å². The van der Waals surface area contributed by atoms with E-state index in [1.54, 1.807) is 18.7 Å². The average Bonchev–Trinajstić information content (AvgIpc) is 3.32. The fraction of sp³-hybridized carbons (Fsp3) is 0.633. The van der Waals surface area contributed by atoms with Gasteiger partial charge in [0, 0.05) is 19.4 Å². The van der Waals surface area contributed by atoms with E-state index in [1.807, 2.05) is 37.3 Å². The molecule has 2 aliphatic heterocycles. The molecular formula is C30H44N4O6. The Morgan fingerprint density at radius 2 is 1.75 bits per heavy atom. The van der Waals surface area contributed by atoms with E-state index < -0.39 is 41.6 Å². The van der Waals surface area contributed by atoms with Crippen LogP contribution in [0.1, 0.15) is 78.2 Å². The van der Waals surface area contributed by atoms with E-state index in [1.165, 1.54) is 6.92 Å². The van der Waals surface area contributed by atoms with Gasteiger partial charge in [0.05, 0.1) is 0 Å². The van der Waals surface area contributed by atoms with Crippen molar-refractivity contribution in [2.24, 2.45) is 5.92 Å². The fourth-order valence-electron chi connectivity index (χ4n) is 5.34. The lowest BCUT2D eigenvalue weighted by Gasteiger charge is -2.36. The number of fused-ring (bicyclic) bond motifs is 1. The first kappa shape index (κ1) is 31.3. The number of aliphatic hydroxyl groups is 1. The number of carbonyl (C=O) groups is 5. The second kappa shape index (κ2) is 13.9. The third-order valence-electron chi connectivity index (χ3n) is 8.10. The molecule has 1 aromatic rings. The number of benzene rings is 1. The molecule has 4 N–H and O–H groups in total. The molecule has 220 valence electrons. The maximum Gasteiger partial charge on any atom is 0.246 e. The van der Waals surface area contributed by atoms with Crippen LogP contribution in [0, 0.1) is 5.92 Å². The van der Waals surface area contributed by atoms with Gasteiger partial charge in [-0.05, 0) is 51.0 Å². The highest BCUT2D eigenvalue weighted by Gasteiger charge is 2.44. The number of ketones is 1. The van der Waals surface area contributed by atoms with Gasteiger partial charge in [0.1, 0.15) is 29.8 Å². The van der Waals surface area contributed by atoms with E-state index in [2.05, 4.69) is 16.0 Å². The average molecular weight is 557 g/mol. The zero-order valence-electron chi connectivity index (χ0n) is 24.1. The summed E-state index contributed by atoms with van der Waals surface area (Å²) in [5.74, 6) is -1.76. The van der Waals surface area contributed by atoms with Crippen LogP contribution in [0.5, 0.6) is 0 Å². The van der Waals surface area contributed by atoms with Crippen LogP contribution < -0.4 is 16.0 Å². The summed E-state index contributed by atoms with van der Waals surface area (Å²) in [6.45, 7) is 7.21. The minimum atomic E-state index is -1.30. The molecule has 3 rings (SSSR count). The van der Waals surface area contributed by atoms with Crippen LogP contribution in [-0.2, 0) is 30.4 Å². The van der Waals surface area contributed by atoms with Crippen molar-refractivity contribution in [3.63, 3.8) is 0 Å². The third-order valence-corrected chi connectivity index (χ3v) is 8.10. The number of rotatable bonds is 10. The molecular weight excluding hydrogens is 512 g/mol. The van der Waals surface area contributed by atoms with Crippen molar-refractivity contribution in [2.75, 3.05) is 6.54 Å². The molecule has 40 heavy (non-hydrogen) atoms. The lowest BCUT2D eigenvalue weighted by molar-refractivity contribution is -0.144. The summed E-state index contributed by atoms with van der Waals surface area (Å²) >= 11 is 0. The molecule has 2 fully saturated rings. The fourth-order valence-corrected chi connectivity index (χ4v) is 5.34. The maximum absolute atomic E-state index is 13.9. The van der Waals surface area contributed by atoms with Crippen molar-refractivity contribution in [1.29, 1.82) is 0 Å². The lowest BCUT2D eigenvalue weighted by Crippen LogP contribution is -2.65.